The highest BCUT2D eigenvalue weighted by molar-refractivity contribution is 5.40. The number of anilines is 1. The number of aryl methyl sites for hydroxylation is 1. The fourth-order valence-electron chi connectivity index (χ4n) is 0.977. The van der Waals surface area contributed by atoms with Crippen molar-refractivity contribution in [2.75, 3.05) is 5.73 Å². The van der Waals surface area contributed by atoms with E-state index in [1.165, 1.54) is 0 Å². The van der Waals surface area contributed by atoms with Gasteiger partial charge in [-0.05, 0) is 12.3 Å². The normalized spacial score (nSPS) is 10.3. The van der Waals surface area contributed by atoms with E-state index < -0.39 is 0 Å². The lowest BCUT2D eigenvalue weighted by Gasteiger charge is -1.99. The third-order valence-electron chi connectivity index (χ3n) is 1.74. The molecule has 0 saturated heterocycles. The highest BCUT2D eigenvalue weighted by atomic mass is 16.4. The van der Waals surface area contributed by atoms with Gasteiger partial charge in [0.25, 0.3) is 0 Å². The number of nitriles is 1. The molecule has 0 atom stereocenters. The molecule has 0 aliphatic carbocycles. The third kappa shape index (κ3) is 2.48. The zero-order valence-electron chi connectivity index (χ0n) is 7.87. The van der Waals surface area contributed by atoms with Crippen molar-refractivity contribution in [3.63, 3.8) is 0 Å². The number of hydrogen-bond donors (Lipinski definition) is 1. The second kappa shape index (κ2) is 3.94. The van der Waals surface area contributed by atoms with Crippen molar-refractivity contribution in [3.8, 4) is 6.07 Å². The lowest BCUT2D eigenvalue weighted by Crippen LogP contribution is -1.92. The van der Waals surface area contributed by atoms with Crippen LogP contribution in [0.3, 0.4) is 0 Å². The topological polar surface area (TPSA) is 75.8 Å². The highest BCUT2D eigenvalue weighted by Crippen LogP contribution is 2.14. The molecule has 0 spiro atoms. The minimum atomic E-state index is 0.126. The average molecular weight is 179 g/mol. The lowest BCUT2D eigenvalue weighted by atomic mass is 10.1. The van der Waals surface area contributed by atoms with Crippen LogP contribution in [0.5, 0.6) is 0 Å². The van der Waals surface area contributed by atoms with Crippen LogP contribution in [0, 0.1) is 17.2 Å². The van der Waals surface area contributed by atoms with E-state index in [1.54, 1.807) is 0 Å². The van der Waals surface area contributed by atoms with Crippen molar-refractivity contribution in [2.45, 2.75) is 26.7 Å². The van der Waals surface area contributed by atoms with Crippen LogP contribution in [0.25, 0.3) is 0 Å². The van der Waals surface area contributed by atoms with E-state index in [0.29, 0.717) is 11.8 Å². The number of rotatable bonds is 3. The fourth-order valence-corrected chi connectivity index (χ4v) is 0.977. The van der Waals surface area contributed by atoms with E-state index in [1.807, 2.05) is 6.07 Å². The molecule has 0 aromatic carbocycles. The summed E-state index contributed by atoms with van der Waals surface area (Å²) < 4.78 is 5.10. The molecule has 1 rings (SSSR count). The molecule has 2 N–H and O–H groups in total. The van der Waals surface area contributed by atoms with Crippen molar-refractivity contribution in [2.24, 2.45) is 5.92 Å². The summed E-state index contributed by atoms with van der Waals surface area (Å²) in [5, 5.41) is 8.56. The zero-order valence-corrected chi connectivity index (χ0v) is 7.87. The summed E-state index contributed by atoms with van der Waals surface area (Å²) in [5.41, 5.74) is 5.60. The summed E-state index contributed by atoms with van der Waals surface area (Å²) in [5.74, 6) is 1.28. The molecule has 13 heavy (non-hydrogen) atoms. The van der Waals surface area contributed by atoms with Gasteiger partial charge in [-0.15, -0.1) is 0 Å². The predicted molar refractivity (Wildman–Crippen MR) is 48.8 cm³/mol. The molecule has 0 aliphatic heterocycles. The van der Waals surface area contributed by atoms with E-state index >= 15 is 0 Å². The van der Waals surface area contributed by atoms with E-state index in [2.05, 4.69) is 18.8 Å². The molecule has 1 aromatic rings. The Morgan fingerprint density at radius 2 is 2.31 bits per heavy atom. The van der Waals surface area contributed by atoms with Crippen LogP contribution in [0.15, 0.2) is 4.42 Å². The van der Waals surface area contributed by atoms with Gasteiger partial charge < -0.3 is 10.2 Å². The van der Waals surface area contributed by atoms with Crippen LogP contribution >= 0.6 is 0 Å². The summed E-state index contributed by atoms with van der Waals surface area (Å²) in [7, 11) is 0. The molecular weight excluding hydrogens is 166 g/mol. The Morgan fingerprint density at radius 3 is 2.77 bits per heavy atom. The molecule has 0 aliphatic rings. The lowest BCUT2D eigenvalue weighted by molar-refractivity contribution is 0.472. The monoisotopic (exact) mass is 179 g/mol. The largest absolute Gasteiger partial charge is 0.424 e. The fraction of sp³-hybridized carbons (Fsp3) is 0.556. The van der Waals surface area contributed by atoms with Crippen molar-refractivity contribution in [1.82, 2.24) is 4.98 Å². The van der Waals surface area contributed by atoms with Gasteiger partial charge in [0.05, 0.1) is 0 Å². The maximum absolute atomic E-state index is 8.56. The van der Waals surface area contributed by atoms with Gasteiger partial charge in [0, 0.05) is 6.42 Å². The number of aromatic nitrogens is 1. The van der Waals surface area contributed by atoms with Crippen molar-refractivity contribution in [3.05, 3.63) is 11.6 Å². The summed E-state index contributed by atoms with van der Waals surface area (Å²) in [6.07, 6.45) is 1.73. The number of hydrogen-bond acceptors (Lipinski definition) is 4. The summed E-state index contributed by atoms with van der Waals surface area (Å²) in [6.45, 7) is 4.25. The summed E-state index contributed by atoms with van der Waals surface area (Å²) >= 11 is 0. The Balaban J connectivity index is 2.64. The van der Waals surface area contributed by atoms with Crippen LogP contribution in [-0.4, -0.2) is 4.98 Å². The zero-order chi connectivity index (χ0) is 9.84. The van der Waals surface area contributed by atoms with Crippen LogP contribution < -0.4 is 5.73 Å². The second-order valence-electron chi connectivity index (χ2n) is 3.36. The Bertz CT molecular complexity index is 322. The number of oxazole rings is 1. The summed E-state index contributed by atoms with van der Waals surface area (Å²) in [4.78, 5) is 3.95. The average Bonchev–Trinajstić information content (AvgIpc) is 2.43. The molecule has 70 valence electrons. The van der Waals surface area contributed by atoms with E-state index in [9.17, 15) is 0 Å². The minimum Gasteiger partial charge on any atom is -0.424 e. The SMILES string of the molecule is CC(C)CCc1nc(C#N)c(N)o1. The van der Waals surface area contributed by atoms with Crippen molar-refractivity contribution in [1.29, 1.82) is 5.26 Å². The standard InChI is InChI=1S/C9H13N3O/c1-6(2)3-4-8-12-7(5-10)9(11)13-8/h6H,3-4,11H2,1-2H3. The first-order chi connectivity index (χ1) is 6.13. The third-order valence-corrected chi connectivity index (χ3v) is 1.74. The summed E-state index contributed by atoms with van der Waals surface area (Å²) in [6, 6.07) is 1.87. The van der Waals surface area contributed by atoms with Gasteiger partial charge in [0.2, 0.25) is 11.6 Å². The molecule has 4 nitrogen and oxygen atoms in total. The van der Waals surface area contributed by atoms with Crippen LogP contribution in [-0.2, 0) is 6.42 Å². The molecule has 0 saturated carbocycles. The molecular formula is C9H13N3O. The van der Waals surface area contributed by atoms with E-state index in [4.69, 9.17) is 15.4 Å². The van der Waals surface area contributed by atoms with Crippen LogP contribution in [0.2, 0.25) is 0 Å². The number of nitrogens with zero attached hydrogens (tertiary/aromatic N) is 2. The Labute approximate surface area is 77.4 Å². The van der Waals surface area contributed by atoms with Gasteiger partial charge in [-0.3, -0.25) is 0 Å². The first kappa shape index (κ1) is 9.59. The van der Waals surface area contributed by atoms with Crippen molar-refractivity contribution >= 4 is 5.88 Å². The van der Waals surface area contributed by atoms with Crippen LogP contribution in [0.1, 0.15) is 31.9 Å². The molecule has 0 amide bonds. The maximum atomic E-state index is 8.56. The van der Waals surface area contributed by atoms with Gasteiger partial charge in [-0.25, -0.2) is 4.98 Å². The molecule has 0 unspecified atom stereocenters. The molecule has 0 radical (unpaired) electrons. The quantitative estimate of drug-likeness (QED) is 0.766. The Kier molecular flexibility index (Phi) is 2.91. The van der Waals surface area contributed by atoms with Crippen molar-refractivity contribution < 1.29 is 4.42 Å². The van der Waals surface area contributed by atoms with E-state index in [-0.39, 0.29) is 11.6 Å². The Morgan fingerprint density at radius 1 is 1.62 bits per heavy atom. The molecule has 1 aromatic heterocycles. The van der Waals surface area contributed by atoms with Gasteiger partial charge in [0.1, 0.15) is 6.07 Å². The number of nitrogens with two attached hydrogens (primary N) is 1. The number of nitrogen functional groups attached to an aromatic ring is 1. The van der Waals surface area contributed by atoms with E-state index in [0.717, 1.165) is 12.8 Å². The first-order valence-electron chi connectivity index (χ1n) is 4.28. The van der Waals surface area contributed by atoms with Gasteiger partial charge >= 0.3 is 0 Å². The first-order valence-corrected chi connectivity index (χ1v) is 4.28. The van der Waals surface area contributed by atoms with Gasteiger partial charge in [0.15, 0.2) is 5.89 Å². The smallest absolute Gasteiger partial charge is 0.229 e. The van der Waals surface area contributed by atoms with Gasteiger partial charge in [-0.1, -0.05) is 13.8 Å². The van der Waals surface area contributed by atoms with Gasteiger partial charge in [-0.2, -0.15) is 5.26 Å². The van der Waals surface area contributed by atoms with Crippen LogP contribution in [0.4, 0.5) is 5.88 Å². The second-order valence-corrected chi connectivity index (χ2v) is 3.36. The highest BCUT2D eigenvalue weighted by Gasteiger charge is 2.09. The molecule has 4 heteroatoms. The predicted octanol–water partition coefficient (Wildman–Crippen LogP) is 1.72. The minimum absolute atomic E-state index is 0.126. The molecule has 0 fully saturated rings. The molecule has 0 bridgehead atoms. The molecule has 1 heterocycles. The maximum Gasteiger partial charge on any atom is 0.229 e. The Hall–Kier alpha value is -1.50.